The number of nitrogens with one attached hydrogen (secondary N) is 2. The molecule has 4 N–H and O–H groups in total. The molecule has 2 rings (SSSR count). The van der Waals surface area contributed by atoms with E-state index in [0.717, 1.165) is 10.9 Å². The number of amides is 1. The van der Waals surface area contributed by atoms with E-state index < -0.39 is 0 Å². The van der Waals surface area contributed by atoms with Gasteiger partial charge in [-0.25, -0.2) is 0 Å². The van der Waals surface area contributed by atoms with Crippen molar-refractivity contribution in [2.24, 2.45) is 0 Å². The minimum Gasteiger partial charge on any atom is -0.397 e. The van der Waals surface area contributed by atoms with Gasteiger partial charge in [0.2, 0.25) is 5.91 Å². The molecule has 0 unspecified atom stereocenters. The highest BCUT2D eigenvalue weighted by molar-refractivity contribution is 5.96. The Labute approximate surface area is 81.1 Å². The lowest BCUT2D eigenvalue weighted by molar-refractivity contribution is -0.114. The topological polar surface area (TPSA) is 70.9 Å². The Kier molecular flexibility index (Phi) is 1.89. The Morgan fingerprint density at radius 2 is 2.29 bits per heavy atom. The predicted octanol–water partition coefficient (Wildman–Crippen LogP) is 1.71. The molecule has 0 aliphatic carbocycles. The minimum absolute atomic E-state index is 0.102. The van der Waals surface area contributed by atoms with E-state index in [2.05, 4.69) is 10.3 Å². The number of fused-ring (bicyclic) bond motifs is 1. The van der Waals surface area contributed by atoms with Gasteiger partial charge in [0, 0.05) is 12.3 Å². The number of carbonyl (C=O) groups excluding carboxylic acids is 1. The molecule has 1 aromatic heterocycles. The van der Waals surface area contributed by atoms with Crippen molar-refractivity contribution in [1.82, 2.24) is 4.98 Å². The molecule has 4 nitrogen and oxygen atoms in total. The van der Waals surface area contributed by atoms with Crippen molar-refractivity contribution >= 4 is 28.3 Å². The van der Waals surface area contributed by atoms with Gasteiger partial charge in [-0.3, -0.25) is 4.79 Å². The number of anilines is 2. The van der Waals surface area contributed by atoms with E-state index in [4.69, 9.17) is 5.73 Å². The van der Waals surface area contributed by atoms with Gasteiger partial charge in [0.1, 0.15) is 5.82 Å². The number of benzene rings is 1. The smallest absolute Gasteiger partial charge is 0.222 e. The van der Waals surface area contributed by atoms with Crippen LogP contribution in [0.2, 0.25) is 0 Å². The quantitative estimate of drug-likeness (QED) is 0.597. The van der Waals surface area contributed by atoms with E-state index in [1.165, 1.54) is 6.92 Å². The first-order chi connectivity index (χ1) is 6.66. The fourth-order valence-electron chi connectivity index (χ4n) is 1.44. The Hall–Kier alpha value is -1.97. The third kappa shape index (κ3) is 1.42. The zero-order valence-electron chi connectivity index (χ0n) is 7.79. The second-order valence-electron chi connectivity index (χ2n) is 3.18. The van der Waals surface area contributed by atoms with E-state index in [9.17, 15) is 4.79 Å². The van der Waals surface area contributed by atoms with Crippen molar-refractivity contribution in [1.29, 1.82) is 0 Å². The maximum absolute atomic E-state index is 10.8. The zero-order valence-corrected chi connectivity index (χ0v) is 7.79. The maximum atomic E-state index is 10.8. The number of hydrogen-bond donors (Lipinski definition) is 3. The second-order valence-corrected chi connectivity index (χ2v) is 3.18. The number of aromatic amines is 1. The van der Waals surface area contributed by atoms with E-state index in [1.807, 2.05) is 24.3 Å². The molecule has 1 heterocycles. The summed E-state index contributed by atoms with van der Waals surface area (Å²) in [6, 6.07) is 7.49. The Bertz CT molecular complexity index is 487. The summed E-state index contributed by atoms with van der Waals surface area (Å²) in [7, 11) is 0. The highest BCUT2D eigenvalue weighted by Crippen LogP contribution is 2.23. The van der Waals surface area contributed by atoms with E-state index >= 15 is 0 Å². The summed E-state index contributed by atoms with van der Waals surface area (Å²) in [5, 5.41) is 3.67. The number of H-pyrrole nitrogens is 1. The summed E-state index contributed by atoms with van der Waals surface area (Å²) in [6.45, 7) is 1.47. The van der Waals surface area contributed by atoms with Crippen LogP contribution in [0.1, 0.15) is 6.92 Å². The SMILES string of the molecule is CC(=O)Nc1cc2cccc(N)c2[nH]1. The lowest BCUT2D eigenvalue weighted by Crippen LogP contribution is -2.05. The molecular formula is C10H11N3O. The standard InChI is InChI=1S/C10H11N3O/c1-6(14)12-9-5-7-3-2-4-8(11)10(7)13-9/h2-5,13H,11H2,1H3,(H,12,14). The fourth-order valence-corrected chi connectivity index (χ4v) is 1.44. The molecule has 0 bridgehead atoms. The summed E-state index contributed by atoms with van der Waals surface area (Å²) in [5.41, 5.74) is 7.29. The van der Waals surface area contributed by atoms with Gasteiger partial charge in [0.15, 0.2) is 0 Å². The summed E-state index contributed by atoms with van der Waals surface area (Å²) in [6.07, 6.45) is 0. The lowest BCUT2D eigenvalue weighted by atomic mass is 10.2. The molecule has 1 aromatic carbocycles. The van der Waals surface area contributed by atoms with Gasteiger partial charge in [0.25, 0.3) is 0 Å². The van der Waals surface area contributed by atoms with E-state index in [0.29, 0.717) is 11.5 Å². The lowest BCUT2D eigenvalue weighted by Gasteiger charge is -1.95. The number of para-hydroxylation sites is 1. The highest BCUT2D eigenvalue weighted by atomic mass is 16.1. The van der Waals surface area contributed by atoms with Gasteiger partial charge >= 0.3 is 0 Å². The molecule has 0 spiro atoms. The molecule has 0 atom stereocenters. The predicted molar refractivity (Wildman–Crippen MR) is 57.0 cm³/mol. The van der Waals surface area contributed by atoms with Gasteiger partial charge in [-0.05, 0) is 12.1 Å². The van der Waals surface area contributed by atoms with Gasteiger partial charge in [-0.15, -0.1) is 0 Å². The van der Waals surface area contributed by atoms with Crippen molar-refractivity contribution in [3.8, 4) is 0 Å². The number of nitrogen functional groups attached to an aromatic ring is 1. The van der Waals surface area contributed by atoms with Crippen LogP contribution in [0.3, 0.4) is 0 Å². The molecule has 72 valence electrons. The van der Waals surface area contributed by atoms with Crippen LogP contribution in [-0.2, 0) is 4.79 Å². The number of carbonyl (C=O) groups is 1. The van der Waals surface area contributed by atoms with Gasteiger partial charge in [-0.2, -0.15) is 0 Å². The first-order valence-electron chi connectivity index (χ1n) is 4.31. The van der Waals surface area contributed by atoms with Crippen LogP contribution in [0.15, 0.2) is 24.3 Å². The number of aromatic nitrogens is 1. The Morgan fingerprint density at radius 3 is 2.93 bits per heavy atom. The van der Waals surface area contributed by atoms with Crippen molar-refractivity contribution in [2.45, 2.75) is 6.92 Å². The Balaban J connectivity index is 2.51. The molecule has 4 heteroatoms. The molecule has 0 aliphatic rings. The first kappa shape index (κ1) is 8.62. The monoisotopic (exact) mass is 189 g/mol. The van der Waals surface area contributed by atoms with Crippen molar-refractivity contribution in [3.63, 3.8) is 0 Å². The van der Waals surface area contributed by atoms with Crippen LogP contribution < -0.4 is 11.1 Å². The third-order valence-corrected chi connectivity index (χ3v) is 2.00. The fraction of sp³-hybridized carbons (Fsp3) is 0.100. The zero-order chi connectivity index (χ0) is 10.1. The molecule has 1 amide bonds. The normalized spacial score (nSPS) is 10.4. The number of hydrogen-bond acceptors (Lipinski definition) is 2. The van der Waals surface area contributed by atoms with Crippen LogP contribution in [0.4, 0.5) is 11.5 Å². The van der Waals surface area contributed by atoms with Gasteiger partial charge in [0.05, 0.1) is 11.2 Å². The average Bonchev–Trinajstić information content (AvgIpc) is 2.47. The molecule has 0 radical (unpaired) electrons. The van der Waals surface area contributed by atoms with Crippen LogP contribution in [0.5, 0.6) is 0 Å². The van der Waals surface area contributed by atoms with Gasteiger partial charge in [-0.1, -0.05) is 12.1 Å². The molecule has 2 aromatic rings. The summed E-state index contributed by atoms with van der Waals surface area (Å²) in [5.74, 6) is 0.570. The maximum Gasteiger partial charge on any atom is 0.222 e. The number of nitrogens with two attached hydrogens (primary N) is 1. The molecule has 0 saturated heterocycles. The summed E-state index contributed by atoms with van der Waals surface area (Å²) >= 11 is 0. The average molecular weight is 189 g/mol. The second kappa shape index (κ2) is 3.06. The van der Waals surface area contributed by atoms with Crippen molar-refractivity contribution in [3.05, 3.63) is 24.3 Å². The van der Waals surface area contributed by atoms with Crippen LogP contribution >= 0.6 is 0 Å². The molecule has 0 fully saturated rings. The van der Waals surface area contributed by atoms with E-state index in [1.54, 1.807) is 0 Å². The highest BCUT2D eigenvalue weighted by Gasteiger charge is 2.03. The first-order valence-corrected chi connectivity index (χ1v) is 4.31. The summed E-state index contributed by atoms with van der Waals surface area (Å²) in [4.78, 5) is 13.9. The Morgan fingerprint density at radius 1 is 1.50 bits per heavy atom. The van der Waals surface area contributed by atoms with E-state index in [-0.39, 0.29) is 5.91 Å². The largest absolute Gasteiger partial charge is 0.397 e. The molecule has 14 heavy (non-hydrogen) atoms. The van der Waals surface area contributed by atoms with Crippen molar-refractivity contribution in [2.75, 3.05) is 11.1 Å². The van der Waals surface area contributed by atoms with Crippen LogP contribution in [0.25, 0.3) is 10.9 Å². The van der Waals surface area contributed by atoms with Gasteiger partial charge < -0.3 is 16.0 Å². The third-order valence-electron chi connectivity index (χ3n) is 2.00. The molecular weight excluding hydrogens is 178 g/mol. The minimum atomic E-state index is -0.102. The van der Waals surface area contributed by atoms with Crippen LogP contribution in [0, 0.1) is 0 Å². The molecule has 0 saturated carbocycles. The van der Waals surface area contributed by atoms with Crippen molar-refractivity contribution < 1.29 is 4.79 Å². The molecule has 0 aliphatic heterocycles. The van der Waals surface area contributed by atoms with Crippen LogP contribution in [-0.4, -0.2) is 10.9 Å². The number of rotatable bonds is 1. The summed E-state index contributed by atoms with van der Waals surface area (Å²) < 4.78 is 0.